The molecular weight excluding hydrogens is 487 g/mol. The van der Waals surface area contributed by atoms with Gasteiger partial charge in [0.1, 0.15) is 18.5 Å². The van der Waals surface area contributed by atoms with Gasteiger partial charge >= 0.3 is 0 Å². The predicted octanol–water partition coefficient (Wildman–Crippen LogP) is 8.93. The Labute approximate surface area is 217 Å². The maximum atomic E-state index is 15.3. The average Bonchev–Trinajstić information content (AvgIpc) is 2.87. The van der Waals surface area contributed by atoms with Crippen LogP contribution in [0.15, 0.2) is 24.4 Å². The third kappa shape index (κ3) is 7.87. The van der Waals surface area contributed by atoms with E-state index in [-0.39, 0.29) is 29.1 Å². The Kier molecular flexibility index (Phi) is 11.1. The second-order valence-corrected chi connectivity index (χ2v) is 10.1. The van der Waals surface area contributed by atoms with Crippen LogP contribution in [0.4, 0.5) is 22.0 Å². The highest BCUT2D eigenvalue weighted by Gasteiger charge is 2.47. The van der Waals surface area contributed by atoms with E-state index >= 15 is 8.78 Å². The lowest BCUT2D eigenvalue weighted by atomic mass is 9.78. The Balaban J connectivity index is 1.61. The first kappa shape index (κ1) is 29.3. The van der Waals surface area contributed by atoms with E-state index < -0.39 is 42.3 Å². The lowest BCUT2D eigenvalue weighted by molar-refractivity contribution is -0.0824. The molecule has 3 unspecified atom stereocenters. The summed E-state index contributed by atoms with van der Waals surface area (Å²) in [6.07, 6.45) is 7.07. The van der Waals surface area contributed by atoms with Crippen LogP contribution in [0.1, 0.15) is 95.6 Å². The molecule has 3 atom stereocenters. The Morgan fingerprint density at radius 3 is 2.38 bits per heavy atom. The maximum absolute atomic E-state index is 15.3. The largest absolute Gasteiger partial charge is 0.489 e. The molecule has 0 aliphatic heterocycles. The fourth-order valence-electron chi connectivity index (χ4n) is 4.99. The van der Waals surface area contributed by atoms with Gasteiger partial charge in [-0.3, -0.25) is 4.98 Å². The minimum absolute atomic E-state index is 0.121. The number of pyridine rings is 2. The predicted molar refractivity (Wildman–Crippen MR) is 136 cm³/mol. The van der Waals surface area contributed by atoms with Crippen LogP contribution in [-0.2, 0) is 12.3 Å². The van der Waals surface area contributed by atoms with Crippen molar-refractivity contribution in [3.63, 3.8) is 0 Å². The zero-order valence-corrected chi connectivity index (χ0v) is 21.9. The fraction of sp³-hybridized carbons (Fsp3) is 0.655. The first-order chi connectivity index (χ1) is 17.8. The molecule has 1 aliphatic rings. The minimum atomic E-state index is -3.26. The molecule has 0 bridgehead atoms. The number of halogens is 5. The summed E-state index contributed by atoms with van der Waals surface area (Å²) in [6, 6.07) is 4.48. The Hall–Kier alpha value is -2.25. The number of rotatable bonds is 15. The zero-order chi connectivity index (χ0) is 26.8. The van der Waals surface area contributed by atoms with Gasteiger partial charge in [-0.25, -0.2) is 22.5 Å². The van der Waals surface area contributed by atoms with E-state index in [0.717, 1.165) is 25.7 Å². The molecule has 0 saturated carbocycles. The molecule has 3 rings (SSSR count). The fourth-order valence-corrected chi connectivity index (χ4v) is 4.99. The number of aryl methyl sites for hydroxylation is 1. The number of hydrogen-bond acceptors (Lipinski definition) is 3. The molecule has 1 aliphatic carbocycles. The first-order valence-electron chi connectivity index (χ1n) is 13.7. The van der Waals surface area contributed by atoms with Gasteiger partial charge in [-0.05, 0) is 49.4 Å². The molecule has 0 N–H and O–H groups in total. The van der Waals surface area contributed by atoms with Crippen LogP contribution in [0.2, 0.25) is 0 Å². The van der Waals surface area contributed by atoms with E-state index in [4.69, 9.17) is 4.74 Å². The standard InChI is InChI=1S/C29H39F5N2O/c1-3-5-6-7-8-9-10-12-21-14-13-20-17-26(36-28(32)27(20)29(21,33)34)25-16-15-22(18-35-25)37-19-24(31)23(30)11-4-2/h15-18,21,23-24H,3-14,19H2,1-2H3. The van der Waals surface area contributed by atoms with Crippen molar-refractivity contribution in [3.05, 3.63) is 41.5 Å². The number of nitrogens with zero attached hydrogens (tertiary/aromatic N) is 2. The van der Waals surface area contributed by atoms with E-state index in [1.807, 2.05) is 0 Å². The van der Waals surface area contributed by atoms with Crippen LogP contribution >= 0.6 is 0 Å². The van der Waals surface area contributed by atoms with Gasteiger partial charge in [0.15, 0.2) is 6.17 Å². The van der Waals surface area contributed by atoms with Crippen molar-refractivity contribution in [2.45, 2.75) is 109 Å². The van der Waals surface area contributed by atoms with E-state index in [1.165, 1.54) is 43.7 Å². The van der Waals surface area contributed by atoms with Gasteiger partial charge in [0.25, 0.3) is 5.92 Å². The highest BCUT2D eigenvalue weighted by atomic mass is 19.3. The molecule has 2 aromatic heterocycles. The maximum Gasteiger partial charge on any atom is 0.280 e. The number of fused-ring (bicyclic) bond motifs is 1. The molecule has 0 radical (unpaired) electrons. The molecule has 0 amide bonds. The van der Waals surface area contributed by atoms with Crippen molar-refractivity contribution in [1.29, 1.82) is 0 Å². The summed E-state index contributed by atoms with van der Waals surface area (Å²) in [5.74, 6) is -5.07. The number of aromatic nitrogens is 2. The summed E-state index contributed by atoms with van der Waals surface area (Å²) in [5.41, 5.74) is 0.112. The molecule has 206 valence electrons. The summed E-state index contributed by atoms with van der Waals surface area (Å²) in [7, 11) is 0. The van der Waals surface area contributed by atoms with E-state index in [9.17, 15) is 13.2 Å². The first-order valence-corrected chi connectivity index (χ1v) is 13.7. The SMILES string of the molecule is CCCCCCCCCC1CCc2cc(-c3ccc(OCC(F)C(F)CCC)cn3)nc(F)c2C1(F)F. The van der Waals surface area contributed by atoms with E-state index in [1.54, 1.807) is 6.92 Å². The minimum Gasteiger partial charge on any atom is -0.489 e. The third-order valence-corrected chi connectivity index (χ3v) is 7.19. The number of ether oxygens (including phenoxy) is 1. The van der Waals surface area contributed by atoms with Gasteiger partial charge < -0.3 is 4.74 Å². The highest BCUT2D eigenvalue weighted by molar-refractivity contribution is 5.57. The van der Waals surface area contributed by atoms with Gasteiger partial charge in [-0.15, -0.1) is 0 Å². The van der Waals surface area contributed by atoms with Gasteiger partial charge in [0.05, 0.1) is 23.1 Å². The molecule has 3 nitrogen and oxygen atoms in total. The summed E-state index contributed by atoms with van der Waals surface area (Å²) < 4.78 is 78.2. The van der Waals surface area contributed by atoms with Crippen LogP contribution in [0.5, 0.6) is 5.75 Å². The van der Waals surface area contributed by atoms with E-state index in [0.29, 0.717) is 25.7 Å². The average molecular weight is 527 g/mol. The number of hydrogen-bond donors (Lipinski definition) is 0. The normalized spacial score (nSPS) is 18.3. The lowest BCUT2D eigenvalue weighted by Crippen LogP contribution is -2.33. The lowest BCUT2D eigenvalue weighted by Gasteiger charge is -2.33. The highest BCUT2D eigenvalue weighted by Crippen LogP contribution is 2.47. The Morgan fingerprint density at radius 1 is 0.973 bits per heavy atom. The summed E-state index contributed by atoms with van der Waals surface area (Å²) in [6.45, 7) is 3.49. The molecule has 0 aromatic carbocycles. The van der Waals surface area contributed by atoms with Gasteiger partial charge in [0, 0.05) is 5.92 Å². The van der Waals surface area contributed by atoms with Crippen molar-refractivity contribution in [3.8, 4) is 17.1 Å². The summed E-state index contributed by atoms with van der Waals surface area (Å²) in [4.78, 5) is 7.98. The molecule has 2 aromatic rings. The van der Waals surface area contributed by atoms with Gasteiger partial charge in [0.2, 0.25) is 5.95 Å². The monoisotopic (exact) mass is 526 g/mol. The molecular formula is C29H39F5N2O. The summed E-state index contributed by atoms with van der Waals surface area (Å²) in [5, 5.41) is 0. The van der Waals surface area contributed by atoms with Crippen molar-refractivity contribution >= 4 is 0 Å². The molecule has 0 saturated heterocycles. The molecule has 8 heteroatoms. The Bertz CT molecular complexity index is 970. The van der Waals surface area contributed by atoms with Crippen molar-refractivity contribution in [1.82, 2.24) is 9.97 Å². The van der Waals surface area contributed by atoms with Crippen LogP contribution in [0, 0.1) is 11.9 Å². The molecule has 37 heavy (non-hydrogen) atoms. The van der Waals surface area contributed by atoms with E-state index in [2.05, 4.69) is 16.9 Å². The van der Waals surface area contributed by atoms with Crippen LogP contribution in [0.25, 0.3) is 11.4 Å². The number of alkyl halides is 4. The van der Waals surface area contributed by atoms with Crippen molar-refractivity contribution in [2.24, 2.45) is 5.92 Å². The quantitative estimate of drug-likeness (QED) is 0.132. The topological polar surface area (TPSA) is 35.0 Å². The van der Waals surface area contributed by atoms with Crippen molar-refractivity contribution in [2.75, 3.05) is 6.61 Å². The second kappa shape index (κ2) is 14.1. The van der Waals surface area contributed by atoms with Gasteiger partial charge in [-0.1, -0.05) is 65.2 Å². The molecule has 2 heterocycles. The number of unbranched alkanes of at least 4 members (excludes halogenated alkanes) is 6. The van der Waals surface area contributed by atoms with Crippen molar-refractivity contribution < 1.29 is 26.7 Å². The third-order valence-electron chi connectivity index (χ3n) is 7.19. The Morgan fingerprint density at radius 2 is 1.70 bits per heavy atom. The molecule has 0 fully saturated rings. The smallest absolute Gasteiger partial charge is 0.280 e. The van der Waals surface area contributed by atoms with Gasteiger partial charge in [-0.2, -0.15) is 4.39 Å². The van der Waals surface area contributed by atoms with Crippen LogP contribution in [0.3, 0.4) is 0 Å². The van der Waals surface area contributed by atoms with Crippen LogP contribution in [-0.4, -0.2) is 28.9 Å². The zero-order valence-electron chi connectivity index (χ0n) is 21.9. The second-order valence-electron chi connectivity index (χ2n) is 10.1. The molecule has 0 spiro atoms. The van der Waals surface area contributed by atoms with Crippen LogP contribution < -0.4 is 4.74 Å². The summed E-state index contributed by atoms with van der Waals surface area (Å²) >= 11 is 0.